The summed E-state index contributed by atoms with van der Waals surface area (Å²) in [6.07, 6.45) is -0.961. The number of thiophene rings is 1. The third-order valence-electron chi connectivity index (χ3n) is 4.19. The van der Waals surface area contributed by atoms with Gasteiger partial charge in [-0.1, -0.05) is 29.8 Å². The molecule has 27 heavy (non-hydrogen) atoms. The Hall–Kier alpha value is -2.54. The average molecular weight is 402 g/mol. The molecule has 0 aliphatic carbocycles. The molecular formula is C20H16ClNO4S. The molecule has 1 aliphatic rings. The average Bonchev–Trinajstić information content (AvgIpc) is 3.22. The van der Waals surface area contributed by atoms with Crippen LogP contribution in [0.15, 0.2) is 53.9 Å². The molecule has 1 atom stereocenters. The molecule has 0 spiro atoms. The molecule has 4 rings (SSSR count). The number of ether oxygens (including phenoxy) is 2. The van der Waals surface area contributed by atoms with Crippen LogP contribution in [0.4, 0.5) is 5.69 Å². The zero-order valence-corrected chi connectivity index (χ0v) is 15.7. The van der Waals surface area contributed by atoms with Crippen LogP contribution < -0.4 is 14.8 Å². The number of carbonyl (C=O) groups is 1. The van der Waals surface area contributed by atoms with Crippen LogP contribution in [0.25, 0.3) is 0 Å². The summed E-state index contributed by atoms with van der Waals surface area (Å²) in [5.74, 6) is 0.833. The second-order valence-corrected chi connectivity index (χ2v) is 7.35. The van der Waals surface area contributed by atoms with Gasteiger partial charge in [-0.25, -0.2) is 0 Å². The van der Waals surface area contributed by atoms with E-state index in [1.165, 1.54) is 11.3 Å². The van der Waals surface area contributed by atoms with Crippen LogP contribution in [0, 0.1) is 0 Å². The van der Waals surface area contributed by atoms with E-state index in [9.17, 15) is 9.90 Å². The van der Waals surface area contributed by atoms with Crippen molar-refractivity contribution in [1.82, 2.24) is 0 Å². The lowest BCUT2D eigenvalue weighted by molar-refractivity contribution is 0.103. The van der Waals surface area contributed by atoms with Crippen molar-refractivity contribution in [2.45, 2.75) is 6.10 Å². The van der Waals surface area contributed by atoms with E-state index in [-0.39, 0.29) is 5.91 Å². The number of carbonyl (C=O) groups excluding carboxylic acids is 1. The molecule has 2 N–H and O–H groups in total. The van der Waals surface area contributed by atoms with Gasteiger partial charge in [-0.15, -0.1) is 11.3 Å². The fourth-order valence-corrected chi connectivity index (χ4v) is 3.60. The number of hydrogen-bond acceptors (Lipinski definition) is 5. The maximum absolute atomic E-state index is 12.5. The summed E-state index contributed by atoms with van der Waals surface area (Å²) in [7, 11) is 0. The minimum Gasteiger partial charge on any atom is -0.486 e. The normalized spacial score (nSPS) is 13.9. The first kappa shape index (κ1) is 17.9. The van der Waals surface area contributed by atoms with Gasteiger partial charge in [0.2, 0.25) is 0 Å². The molecule has 1 amide bonds. The van der Waals surface area contributed by atoms with E-state index in [0.29, 0.717) is 51.4 Å². The molecule has 2 heterocycles. The predicted molar refractivity (Wildman–Crippen MR) is 105 cm³/mol. The summed E-state index contributed by atoms with van der Waals surface area (Å²) in [5.41, 5.74) is 1.65. The first-order valence-electron chi connectivity index (χ1n) is 8.34. The minimum atomic E-state index is -0.961. The topological polar surface area (TPSA) is 67.8 Å². The third-order valence-corrected chi connectivity index (χ3v) is 5.31. The molecule has 3 aromatic rings. The van der Waals surface area contributed by atoms with E-state index in [0.717, 1.165) is 0 Å². The van der Waals surface area contributed by atoms with Gasteiger partial charge < -0.3 is 19.9 Å². The minimum absolute atomic E-state index is 0.244. The number of aliphatic hydroxyl groups excluding tert-OH is 1. The molecule has 138 valence electrons. The van der Waals surface area contributed by atoms with Crippen molar-refractivity contribution in [3.8, 4) is 11.5 Å². The van der Waals surface area contributed by atoms with Crippen LogP contribution in [0.1, 0.15) is 26.9 Å². The van der Waals surface area contributed by atoms with Gasteiger partial charge in [-0.2, -0.15) is 0 Å². The molecule has 0 radical (unpaired) electrons. The highest BCUT2D eigenvalue weighted by atomic mass is 35.5. The molecule has 2 aromatic carbocycles. The Morgan fingerprint density at radius 2 is 1.81 bits per heavy atom. The van der Waals surface area contributed by atoms with E-state index in [1.807, 2.05) is 11.4 Å². The number of nitrogens with one attached hydrogen (secondary N) is 1. The molecule has 1 aromatic heterocycles. The zero-order valence-electron chi connectivity index (χ0n) is 14.1. The van der Waals surface area contributed by atoms with Crippen LogP contribution in [0.2, 0.25) is 5.02 Å². The predicted octanol–water partition coefficient (Wildman–Crippen LogP) is 4.51. The van der Waals surface area contributed by atoms with Gasteiger partial charge in [0.25, 0.3) is 5.91 Å². The highest BCUT2D eigenvalue weighted by Crippen LogP contribution is 2.40. The molecule has 0 unspecified atom stereocenters. The Morgan fingerprint density at radius 1 is 1.11 bits per heavy atom. The summed E-state index contributed by atoms with van der Waals surface area (Å²) in [6, 6.07) is 13.9. The van der Waals surface area contributed by atoms with Crippen molar-refractivity contribution in [3.05, 3.63) is 74.9 Å². The number of anilines is 1. The summed E-state index contributed by atoms with van der Waals surface area (Å²) in [6.45, 7) is 0.870. The SMILES string of the molecule is O=C(Nc1cc2c(cc1[C@@H](O)c1ccc(Cl)cc1)OCCO2)c1cccs1. The Labute approximate surface area is 165 Å². The second-order valence-electron chi connectivity index (χ2n) is 5.97. The maximum Gasteiger partial charge on any atom is 0.265 e. The van der Waals surface area contributed by atoms with E-state index in [2.05, 4.69) is 5.32 Å². The van der Waals surface area contributed by atoms with Crippen LogP contribution in [-0.2, 0) is 0 Å². The van der Waals surface area contributed by atoms with Crippen LogP contribution in [-0.4, -0.2) is 24.2 Å². The highest BCUT2D eigenvalue weighted by Gasteiger charge is 2.23. The van der Waals surface area contributed by atoms with Crippen LogP contribution in [0.5, 0.6) is 11.5 Å². The van der Waals surface area contributed by atoms with Gasteiger partial charge in [0, 0.05) is 16.7 Å². The van der Waals surface area contributed by atoms with Crippen LogP contribution in [0.3, 0.4) is 0 Å². The number of aliphatic hydroxyl groups is 1. The fourth-order valence-electron chi connectivity index (χ4n) is 2.86. The first-order chi connectivity index (χ1) is 13.1. The molecular weight excluding hydrogens is 386 g/mol. The van der Waals surface area contributed by atoms with Gasteiger partial charge in [0.1, 0.15) is 19.3 Å². The quantitative estimate of drug-likeness (QED) is 0.675. The van der Waals surface area contributed by atoms with E-state index in [1.54, 1.807) is 42.5 Å². The monoisotopic (exact) mass is 401 g/mol. The molecule has 0 saturated heterocycles. The van der Waals surface area contributed by atoms with Gasteiger partial charge >= 0.3 is 0 Å². The Kier molecular flexibility index (Phi) is 5.03. The summed E-state index contributed by atoms with van der Waals surface area (Å²) in [4.78, 5) is 13.1. The lowest BCUT2D eigenvalue weighted by Crippen LogP contribution is -2.18. The Morgan fingerprint density at radius 3 is 2.48 bits per heavy atom. The molecule has 5 nitrogen and oxygen atoms in total. The molecule has 0 fully saturated rings. The lowest BCUT2D eigenvalue weighted by Gasteiger charge is -2.23. The largest absolute Gasteiger partial charge is 0.486 e. The standard InChI is InChI=1S/C20H16ClNO4S/c21-13-5-3-12(4-6-13)19(23)14-10-16-17(26-8-7-25-16)11-15(14)22-20(24)18-2-1-9-27-18/h1-6,9-11,19,23H,7-8H2,(H,22,24)/t19-/m0/s1. The highest BCUT2D eigenvalue weighted by molar-refractivity contribution is 7.12. The van der Waals surface area contributed by atoms with E-state index < -0.39 is 6.10 Å². The van der Waals surface area contributed by atoms with E-state index in [4.69, 9.17) is 21.1 Å². The number of hydrogen-bond donors (Lipinski definition) is 2. The first-order valence-corrected chi connectivity index (χ1v) is 9.59. The number of benzene rings is 2. The molecule has 1 aliphatic heterocycles. The third kappa shape index (κ3) is 3.78. The van der Waals surface area contributed by atoms with Gasteiger partial charge in [0.05, 0.1) is 10.6 Å². The number of halogens is 1. The van der Waals surface area contributed by atoms with E-state index >= 15 is 0 Å². The Bertz CT molecular complexity index is 957. The molecule has 7 heteroatoms. The molecule has 0 saturated carbocycles. The fraction of sp³-hybridized carbons (Fsp3) is 0.150. The number of fused-ring (bicyclic) bond motifs is 1. The van der Waals surface area contributed by atoms with Crippen molar-refractivity contribution >= 4 is 34.5 Å². The zero-order chi connectivity index (χ0) is 18.8. The van der Waals surface area contributed by atoms with Crippen molar-refractivity contribution in [3.63, 3.8) is 0 Å². The lowest BCUT2D eigenvalue weighted by atomic mass is 9.99. The number of rotatable bonds is 4. The van der Waals surface area contributed by atoms with Crippen molar-refractivity contribution < 1.29 is 19.4 Å². The van der Waals surface area contributed by atoms with Crippen molar-refractivity contribution in [2.24, 2.45) is 0 Å². The number of amides is 1. The second kappa shape index (κ2) is 7.60. The Balaban J connectivity index is 1.73. The van der Waals surface area contributed by atoms with Crippen LogP contribution >= 0.6 is 22.9 Å². The summed E-state index contributed by atoms with van der Waals surface area (Å²) < 4.78 is 11.3. The van der Waals surface area contributed by atoms with Crippen molar-refractivity contribution in [1.29, 1.82) is 0 Å². The summed E-state index contributed by atoms with van der Waals surface area (Å²) in [5, 5.41) is 16.2. The van der Waals surface area contributed by atoms with Gasteiger partial charge in [-0.05, 0) is 35.2 Å². The van der Waals surface area contributed by atoms with Gasteiger partial charge in [-0.3, -0.25) is 4.79 Å². The summed E-state index contributed by atoms with van der Waals surface area (Å²) >= 11 is 7.29. The van der Waals surface area contributed by atoms with Crippen molar-refractivity contribution in [2.75, 3.05) is 18.5 Å². The maximum atomic E-state index is 12.5. The smallest absolute Gasteiger partial charge is 0.265 e. The molecule has 0 bridgehead atoms. The van der Waals surface area contributed by atoms with Gasteiger partial charge in [0.15, 0.2) is 11.5 Å².